The van der Waals surface area contributed by atoms with Crippen LogP contribution in [0.3, 0.4) is 0 Å². The number of carbonyl (C=O) groups excluding carboxylic acids is 1. The van der Waals surface area contributed by atoms with Gasteiger partial charge in [-0.3, -0.25) is 4.79 Å². The third kappa shape index (κ3) is 2.90. The molecule has 0 radical (unpaired) electrons. The molecule has 0 spiro atoms. The summed E-state index contributed by atoms with van der Waals surface area (Å²) in [6.07, 6.45) is 3.24. The average Bonchev–Trinajstić information content (AvgIpc) is 2.79. The van der Waals surface area contributed by atoms with Crippen LogP contribution in [-0.4, -0.2) is 15.5 Å². The van der Waals surface area contributed by atoms with Crippen molar-refractivity contribution in [3.05, 3.63) is 42.7 Å². The maximum Gasteiger partial charge on any atom is 0.220 e. The first-order chi connectivity index (χ1) is 9.67. The van der Waals surface area contributed by atoms with Gasteiger partial charge in [0.15, 0.2) is 0 Å². The largest absolute Gasteiger partial charge is 0.346 e. The van der Waals surface area contributed by atoms with E-state index in [1.807, 2.05) is 44.2 Å². The van der Waals surface area contributed by atoms with Gasteiger partial charge >= 0.3 is 0 Å². The molecule has 2 aromatic rings. The number of amides is 1. The Morgan fingerprint density at radius 2 is 2.25 bits per heavy atom. The minimum Gasteiger partial charge on any atom is -0.346 e. The number of imidazole rings is 1. The number of fused-ring (bicyclic) bond motifs is 1. The highest BCUT2D eigenvalue weighted by molar-refractivity contribution is 5.78. The van der Waals surface area contributed by atoms with Gasteiger partial charge in [0, 0.05) is 13.0 Å². The van der Waals surface area contributed by atoms with E-state index in [0.717, 1.165) is 23.3 Å². The fourth-order valence-electron chi connectivity index (χ4n) is 2.35. The number of hydrogen-bond acceptors (Lipinski definition) is 2. The molecule has 0 fully saturated rings. The summed E-state index contributed by atoms with van der Waals surface area (Å²) in [5.41, 5.74) is 2.01. The van der Waals surface area contributed by atoms with Gasteiger partial charge in [0.1, 0.15) is 5.82 Å². The van der Waals surface area contributed by atoms with Gasteiger partial charge in [-0.25, -0.2) is 4.98 Å². The summed E-state index contributed by atoms with van der Waals surface area (Å²) in [6, 6.07) is 7.88. The van der Waals surface area contributed by atoms with Crippen LogP contribution in [0.2, 0.25) is 0 Å². The van der Waals surface area contributed by atoms with Gasteiger partial charge in [0.2, 0.25) is 5.91 Å². The Labute approximate surface area is 119 Å². The van der Waals surface area contributed by atoms with Crippen LogP contribution < -0.4 is 5.32 Å². The predicted octanol–water partition coefficient (Wildman–Crippen LogP) is 3.20. The van der Waals surface area contributed by atoms with Crippen LogP contribution in [-0.2, 0) is 11.3 Å². The van der Waals surface area contributed by atoms with E-state index in [-0.39, 0.29) is 11.9 Å². The number of nitrogens with zero attached hydrogens (tertiary/aromatic N) is 2. The summed E-state index contributed by atoms with van der Waals surface area (Å²) in [7, 11) is 0. The molecular formula is C16H21N3O. The van der Waals surface area contributed by atoms with E-state index in [4.69, 9.17) is 0 Å². The molecule has 0 saturated heterocycles. The molecule has 1 heterocycles. The van der Waals surface area contributed by atoms with E-state index in [0.29, 0.717) is 13.0 Å². The van der Waals surface area contributed by atoms with Crippen molar-refractivity contribution >= 4 is 16.9 Å². The lowest BCUT2D eigenvalue weighted by atomic mass is 10.2. The fraction of sp³-hybridized carbons (Fsp3) is 0.375. The van der Waals surface area contributed by atoms with Crippen LogP contribution in [0.25, 0.3) is 11.0 Å². The molecule has 0 bridgehead atoms. The molecule has 0 aliphatic heterocycles. The zero-order chi connectivity index (χ0) is 14.5. The number of aromatic nitrogens is 2. The number of nitrogens with one attached hydrogen (secondary N) is 1. The fourth-order valence-corrected chi connectivity index (χ4v) is 2.35. The summed E-state index contributed by atoms with van der Waals surface area (Å²) in [5.74, 6) is 0.938. The first-order valence-electron chi connectivity index (χ1n) is 7.02. The molecule has 20 heavy (non-hydrogen) atoms. The molecule has 4 heteroatoms. The number of carbonyl (C=O) groups is 1. The molecule has 2 rings (SSSR count). The Morgan fingerprint density at radius 3 is 2.95 bits per heavy atom. The van der Waals surface area contributed by atoms with Gasteiger partial charge in [0.25, 0.3) is 0 Å². The maximum absolute atomic E-state index is 11.7. The topological polar surface area (TPSA) is 46.9 Å². The zero-order valence-electron chi connectivity index (χ0n) is 12.1. The van der Waals surface area contributed by atoms with Crippen molar-refractivity contribution in [2.45, 2.75) is 39.3 Å². The normalized spacial score (nSPS) is 12.3. The Bertz CT molecular complexity index is 615. The van der Waals surface area contributed by atoms with Crippen molar-refractivity contribution in [3.8, 4) is 0 Å². The lowest BCUT2D eigenvalue weighted by molar-refractivity contribution is -0.121. The van der Waals surface area contributed by atoms with Crippen LogP contribution in [0, 0.1) is 0 Å². The van der Waals surface area contributed by atoms with Crippen molar-refractivity contribution in [1.29, 1.82) is 0 Å². The van der Waals surface area contributed by atoms with E-state index in [1.165, 1.54) is 0 Å². The van der Waals surface area contributed by atoms with Gasteiger partial charge in [0.05, 0.1) is 17.1 Å². The molecule has 1 atom stereocenters. The van der Waals surface area contributed by atoms with Crippen molar-refractivity contribution in [3.63, 3.8) is 0 Å². The molecule has 1 aromatic carbocycles. The summed E-state index contributed by atoms with van der Waals surface area (Å²) >= 11 is 0. The molecule has 4 nitrogen and oxygen atoms in total. The van der Waals surface area contributed by atoms with Crippen LogP contribution >= 0.6 is 0 Å². The third-order valence-corrected chi connectivity index (χ3v) is 3.24. The van der Waals surface area contributed by atoms with Gasteiger partial charge < -0.3 is 9.88 Å². The Kier molecular flexibility index (Phi) is 4.56. The monoisotopic (exact) mass is 271 g/mol. The smallest absolute Gasteiger partial charge is 0.220 e. The van der Waals surface area contributed by atoms with E-state index >= 15 is 0 Å². The van der Waals surface area contributed by atoms with Crippen molar-refractivity contribution in [1.82, 2.24) is 14.9 Å². The minimum atomic E-state index is -0.110. The molecule has 106 valence electrons. The van der Waals surface area contributed by atoms with Gasteiger partial charge in [-0.05, 0) is 25.5 Å². The summed E-state index contributed by atoms with van der Waals surface area (Å²) in [4.78, 5) is 16.4. The second-order valence-corrected chi connectivity index (χ2v) is 4.90. The molecular weight excluding hydrogens is 250 g/mol. The molecule has 1 amide bonds. The number of hydrogen-bond donors (Lipinski definition) is 1. The first-order valence-corrected chi connectivity index (χ1v) is 7.02. The molecule has 0 unspecified atom stereocenters. The molecule has 1 aromatic heterocycles. The average molecular weight is 271 g/mol. The quantitative estimate of drug-likeness (QED) is 0.820. The summed E-state index contributed by atoms with van der Waals surface area (Å²) in [5, 5.41) is 3.00. The van der Waals surface area contributed by atoms with Crippen molar-refractivity contribution in [2.75, 3.05) is 0 Å². The number of allylic oxidation sites excluding steroid dienone is 1. The number of para-hydroxylation sites is 2. The second kappa shape index (κ2) is 6.37. The van der Waals surface area contributed by atoms with Crippen LogP contribution in [0.4, 0.5) is 0 Å². The van der Waals surface area contributed by atoms with E-state index in [9.17, 15) is 4.79 Å². The van der Waals surface area contributed by atoms with Crippen LogP contribution in [0.1, 0.15) is 38.6 Å². The summed E-state index contributed by atoms with van der Waals surface area (Å²) < 4.78 is 2.10. The van der Waals surface area contributed by atoms with E-state index < -0.39 is 0 Å². The molecule has 1 N–H and O–H groups in total. The predicted molar refractivity (Wildman–Crippen MR) is 81.4 cm³/mol. The van der Waals surface area contributed by atoms with Gasteiger partial charge in [-0.2, -0.15) is 0 Å². The lowest BCUT2D eigenvalue weighted by Crippen LogP contribution is -2.28. The Morgan fingerprint density at radius 1 is 1.50 bits per heavy atom. The highest BCUT2D eigenvalue weighted by Crippen LogP contribution is 2.20. The van der Waals surface area contributed by atoms with Crippen molar-refractivity contribution < 1.29 is 4.79 Å². The minimum absolute atomic E-state index is 0.0669. The van der Waals surface area contributed by atoms with E-state index in [2.05, 4.69) is 21.4 Å². The van der Waals surface area contributed by atoms with Crippen LogP contribution in [0.5, 0.6) is 0 Å². The van der Waals surface area contributed by atoms with Crippen LogP contribution in [0.15, 0.2) is 36.9 Å². The third-order valence-electron chi connectivity index (χ3n) is 3.24. The number of benzene rings is 1. The van der Waals surface area contributed by atoms with E-state index in [1.54, 1.807) is 0 Å². The maximum atomic E-state index is 11.7. The Hall–Kier alpha value is -2.10. The van der Waals surface area contributed by atoms with Gasteiger partial charge in [-0.1, -0.05) is 25.1 Å². The molecule has 0 aliphatic rings. The summed E-state index contributed by atoms with van der Waals surface area (Å²) in [6.45, 7) is 8.45. The molecule has 0 saturated carbocycles. The second-order valence-electron chi connectivity index (χ2n) is 4.90. The zero-order valence-corrected chi connectivity index (χ0v) is 12.1. The standard InChI is InChI=1S/C16H21N3O/c1-4-8-15(20)17-12(3)16-18-13-9-6-7-10-14(13)19(16)11-5-2/h5-7,9-10,12H,2,4,8,11H2,1,3H3,(H,17,20)/t12-/m0/s1. The Balaban J connectivity index is 2.34. The lowest BCUT2D eigenvalue weighted by Gasteiger charge is -2.15. The SMILES string of the molecule is C=CCn1c([C@H](C)NC(=O)CCC)nc2ccccc21. The highest BCUT2D eigenvalue weighted by Gasteiger charge is 2.17. The molecule has 0 aliphatic carbocycles. The highest BCUT2D eigenvalue weighted by atomic mass is 16.1. The van der Waals surface area contributed by atoms with Gasteiger partial charge in [-0.15, -0.1) is 6.58 Å². The number of rotatable bonds is 6. The van der Waals surface area contributed by atoms with Crippen molar-refractivity contribution in [2.24, 2.45) is 0 Å². The first kappa shape index (κ1) is 14.3.